The Hall–Kier alpha value is -1.75. The monoisotopic (exact) mass is 227 g/mol. The van der Waals surface area contributed by atoms with Crippen LogP contribution in [0.2, 0.25) is 5.02 Å². The van der Waals surface area contributed by atoms with E-state index in [-0.39, 0.29) is 17.1 Å². The Bertz CT molecular complexity index is 406. The lowest BCUT2D eigenvalue weighted by Crippen LogP contribution is -2.33. The first-order chi connectivity index (χ1) is 7.02. The van der Waals surface area contributed by atoms with Gasteiger partial charge in [0.15, 0.2) is 0 Å². The van der Waals surface area contributed by atoms with Crippen molar-refractivity contribution < 1.29 is 9.59 Å². The molecule has 0 fully saturated rings. The van der Waals surface area contributed by atoms with Crippen molar-refractivity contribution in [3.05, 3.63) is 28.8 Å². The van der Waals surface area contributed by atoms with Gasteiger partial charge >= 0.3 is 0 Å². The van der Waals surface area contributed by atoms with Crippen LogP contribution in [0.3, 0.4) is 0 Å². The molecule has 0 aliphatic heterocycles. The van der Waals surface area contributed by atoms with Crippen molar-refractivity contribution in [3.63, 3.8) is 0 Å². The number of halogens is 1. The van der Waals surface area contributed by atoms with Crippen molar-refractivity contribution in [2.75, 3.05) is 12.3 Å². The third-order valence-electron chi connectivity index (χ3n) is 1.70. The molecule has 1 aromatic carbocycles. The van der Waals surface area contributed by atoms with E-state index in [0.717, 1.165) is 0 Å². The van der Waals surface area contributed by atoms with Crippen molar-refractivity contribution in [2.24, 2.45) is 5.73 Å². The Balaban J connectivity index is 2.82. The van der Waals surface area contributed by atoms with Gasteiger partial charge in [-0.15, -0.1) is 0 Å². The summed E-state index contributed by atoms with van der Waals surface area (Å²) in [5.41, 5.74) is 10.9. The molecule has 0 radical (unpaired) electrons. The average molecular weight is 228 g/mol. The number of amides is 2. The van der Waals surface area contributed by atoms with Crippen LogP contribution < -0.4 is 16.8 Å². The zero-order valence-electron chi connectivity index (χ0n) is 7.79. The second-order valence-corrected chi connectivity index (χ2v) is 3.24. The molecule has 15 heavy (non-hydrogen) atoms. The van der Waals surface area contributed by atoms with E-state index in [9.17, 15) is 9.59 Å². The molecule has 0 aromatic heterocycles. The Morgan fingerprint density at radius 2 is 2.07 bits per heavy atom. The van der Waals surface area contributed by atoms with Gasteiger partial charge in [0.1, 0.15) is 0 Å². The number of benzene rings is 1. The summed E-state index contributed by atoms with van der Waals surface area (Å²) in [6, 6.07) is 4.68. The number of hydrogen-bond acceptors (Lipinski definition) is 3. The molecule has 5 nitrogen and oxygen atoms in total. The summed E-state index contributed by atoms with van der Waals surface area (Å²) in [7, 11) is 0. The predicted octanol–water partition coefficient (Wildman–Crippen LogP) is 0.137. The minimum Gasteiger partial charge on any atom is -0.398 e. The fourth-order valence-corrected chi connectivity index (χ4v) is 1.20. The first-order valence-electron chi connectivity index (χ1n) is 4.13. The second kappa shape index (κ2) is 4.65. The van der Waals surface area contributed by atoms with Crippen LogP contribution in [0.1, 0.15) is 10.4 Å². The summed E-state index contributed by atoms with van der Waals surface area (Å²) in [5, 5.41) is 2.48. The van der Waals surface area contributed by atoms with Crippen LogP contribution >= 0.6 is 11.6 Å². The van der Waals surface area contributed by atoms with Gasteiger partial charge in [0.2, 0.25) is 5.91 Å². The van der Waals surface area contributed by atoms with Crippen molar-refractivity contribution in [3.8, 4) is 0 Å². The van der Waals surface area contributed by atoms with E-state index in [2.05, 4.69) is 5.32 Å². The molecule has 0 bridgehead atoms. The molecule has 6 heteroatoms. The first kappa shape index (κ1) is 11.3. The Labute approximate surface area is 91.4 Å². The van der Waals surface area contributed by atoms with Crippen LogP contribution in [-0.2, 0) is 4.79 Å². The van der Waals surface area contributed by atoms with Crippen LogP contribution in [0.5, 0.6) is 0 Å². The first-order valence-corrected chi connectivity index (χ1v) is 4.50. The third kappa shape index (κ3) is 2.85. The molecule has 0 unspecified atom stereocenters. The van der Waals surface area contributed by atoms with Gasteiger partial charge in [0.25, 0.3) is 5.91 Å². The van der Waals surface area contributed by atoms with Gasteiger partial charge in [-0.2, -0.15) is 0 Å². The van der Waals surface area contributed by atoms with Crippen LogP contribution in [0.25, 0.3) is 0 Å². The molecular weight excluding hydrogens is 218 g/mol. The molecule has 0 aliphatic rings. The summed E-state index contributed by atoms with van der Waals surface area (Å²) in [5.74, 6) is -1.10. The summed E-state index contributed by atoms with van der Waals surface area (Å²) in [6.07, 6.45) is 0. The number of primary amides is 1. The number of carbonyl (C=O) groups excluding carboxylic acids is 2. The van der Waals surface area contributed by atoms with Crippen molar-refractivity contribution in [2.45, 2.75) is 0 Å². The van der Waals surface area contributed by atoms with Gasteiger partial charge in [0, 0.05) is 0 Å². The Morgan fingerprint density at radius 3 is 2.67 bits per heavy atom. The Morgan fingerprint density at radius 1 is 1.40 bits per heavy atom. The van der Waals surface area contributed by atoms with E-state index in [1.54, 1.807) is 12.1 Å². The van der Waals surface area contributed by atoms with Gasteiger partial charge in [-0.05, 0) is 12.1 Å². The number of hydrogen-bond donors (Lipinski definition) is 3. The number of nitrogens with two attached hydrogens (primary N) is 2. The minimum atomic E-state index is -0.622. The number of nitrogen functional groups attached to an aromatic ring is 1. The fraction of sp³-hybridized carbons (Fsp3) is 0.111. The molecular formula is C9H10ClN3O2. The molecule has 2 amide bonds. The molecule has 80 valence electrons. The van der Waals surface area contributed by atoms with Crippen LogP contribution in [-0.4, -0.2) is 18.4 Å². The van der Waals surface area contributed by atoms with E-state index in [1.165, 1.54) is 6.07 Å². The van der Waals surface area contributed by atoms with Crippen molar-refractivity contribution in [1.29, 1.82) is 0 Å². The maximum atomic E-state index is 11.5. The van der Waals surface area contributed by atoms with E-state index in [0.29, 0.717) is 5.69 Å². The zero-order chi connectivity index (χ0) is 11.4. The molecule has 1 aromatic rings. The largest absolute Gasteiger partial charge is 0.398 e. The van der Waals surface area contributed by atoms with Crippen LogP contribution in [0, 0.1) is 0 Å². The highest BCUT2D eigenvalue weighted by atomic mass is 35.5. The smallest absolute Gasteiger partial charge is 0.253 e. The lowest BCUT2D eigenvalue weighted by molar-refractivity contribution is -0.117. The average Bonchev–Trinajstić information content (AvgIpc) is 2.18. The quantitative estimate of drug-likeness (QED) is 0.641. The molecule has 0 heterocycles. The molecule has 0 atom stereocenters. The Kier molecular flexibility index (Phi) is 3.51. The van der Waals surface area contributed by atoms with Gasteiger partial charge in [-0.3, -0.25) is 9.59 Å². The highest BCUT2D eigenvalue weighted by Crippen LogP contribution is 2.22. The lowest BCUT2D eigenvalue weighted by atomic mass is 10.2. The third-order valence-corrected chi connectivity index (χ3v) is 2.12. The van der Waals surface area contributed by atoms with Gasteiger partial charge in [-0.25, -0.2) is 0 Å². The molecule has 1 rings (SSSR count). The van der Waals surface area contributed by atoms with Gasteiger partial charge in [-0.1, -0.05) is 17.7 Å². The maximum absolute atomic E-state index is 11.5. The summed E-state index contributed by atoms with van der Waals surface area (Å²) < 4.78 is 0. The maximum Gasteiger partial charge on any atom is 0.253 e. The van der Waals surface area contributed by atoms with Gasteiger partial charge < -0.3 is 16.8 Å². The number of nitrogens with one attached hydrogen (secondary N) is 1. The topological polar surface area (TPSA) is 98.2 Å². The van der Waals surface area contributed by atoms with Crippen LogP contribution in [0.4, 0.5) is 5.69 Å². The van der Waals surface area contributed by atoms with E-state index >= 15 is 0 Å². The lowest BCUT2D eigenvalue weighted by Gasteiger charge is -2.06. The predicted molar refractivity (Wildman–Crippen MR) is 57.4 cm³/mol. The SMILES string of the molecule is NC(=O)CNC(=O)c1cccc(N)c1Cl. The summed E-state index contributed by atoms with van der Waals surface area (Å²) in [6.45, 7) is -0.232. The number of anilines is 1. The minimum absolute atomic E-state index is 0.166. The highest BCUT2D eigenvalue weighted by molar-refractivity contribution is 6.36. The molecule has 0 spiro atoms. The second-order valence-electron chi connectivity index (χ2n) is 2.86. The van der Waals surface area contributed by atoms with Crippen LogP contribution in [0.15, 0.2) is 18.2 Å². The standard InChI is InChI=1S/C9H10ClN3O2/c10-8-5(2-1-3-6(8)11)9(15)13-4-7(12)14/h1-3H,4,11H2,(H2,12,14)(H,13,15). The molecule has 5 N–H and O–H groups in total. The number of carbonyl (C=O) groups is 2. The summed E-state index contributed by atoms with van der Waals surface area (Å²) >= 11 is 5.80. The normalized spacial score (nSPS) is 9.67. The fourth-order valence-electron chi connectivity index (χ4n) is 0.988. The van der Waals surface area contributed by atoms with Gasteiger partial charge in [0.05, 0.1) is 22.8 Å². The molecule has 0 saturated carbocycles. The summed E-state index contributed by atoms with van der Waals surface area (Å²) in [4.78, 5) is 21.9. The van der Waals surface area contributed by atoms with E-state index in [4.69, 9.17) is 23.1 Å². The zero-order valence-corrected chi connectivity index (χ0v) is 8.54. The number of rotatable bonds is 3. The van der Waals surface area contributed by atoms with Crippen molar-refractivity contribution in [1.82, 2.24) is 5.32 Å². The molecule has 0 saturated heterocycles. The van der Waals surface area contributed by atoms with E-state index < -0.39 is 11.8 Å². The van der Waals surface area contributed by atoms with E-state index in [1.807, 2.05) is 0 Å². The molecule has 0 aliphatic carbocycles. The van der Waals surface area contributed by atoms with Crippen molar-refractivity contribution >= 4 is 29.1 Å². The highest BCUT2D eigenvalue weighted by Gasteiger charge is 2.11.